The Morgan fingerprint density at radius 1 is 1.11 bits per heavy atom. The average Bonchev–Trinajstić information content (AvgIpc) is 2.69. The SMILES string of the molecule is C=CCc1cc(C=CC(=O)c2ccc(O)cc2)c(OCCC)c(CC=C)c1O. The van der Waals surface area contributed by atoms with Crippen molar-refractivity contribution in [3.63, 3.8) is 0 Å². The van der Waals surface area contributed by atoms with E-state index in [1.807, 2.05) is 13.0 Å². The first-order valence-corrected chi connectivity index (χ1v) is 9.25. The zero-order valence-electron chi connectivity index (χ0n) is 16.1. The molecule has 2 rings (SSSR count). The quantitative estimate of drug-likeness (QED) is 0.337. The predicted molar refractivity (Wildman–Crippen MR) is 113 cm³/mol. The van der Waals surface area contributed by atoms with Crippen molar-refractivity contribution in [3.05, 3.63) is 84.0 Å². The van der Waals surface area contributed by atoms with E-state index in [1.165, 1.54) is 18.2 Å². The lowest BCUT2D eigenvalue weighted by Gasteiger charge is -2.17. The number of rotatable bonds is 10. The fourth-order valence-electron chi connectivity index (χ4n) is 2.83. The molecule has 0 spiro atoms. The summed E-state index contributed by atoms with van der Waals surface area (Å²) in [6.07, 6.45) is 8.35. The van der Waals surface area contributed by atoms with Gasteiger partial charge in [0.25, 0.3) is 0 Å². The summed E-state index contributed by atoms with van der Waals surface area (Å²) in [5.41, 5.74) is 2.56. The van der Waals surface area contributed by atoms with Crippen LogP contribution in [-0.4, -0.2) is 22.6 Å². The van der Waals surface area contributed by atoms with Gasteiger partial charge < -0.3 is 14.9 Å². The average molecular weight is 378 g/mol. The van der Waals surface area contributed by atoms with Crippen molar-refractivity contribution in [2.45, 2.75) is 26.2 Å². The minimum absolute atomic E-state index is 0.109. The first kappa shape index (κ1) is 21.0. The minimum Gasteiger partial charge on any atom is -0.508 e. The molecule has 0 aliphatic rings. The largest absolute Gasteiger partial charge is 0.508 e. The molecule has 0 aliphatic carbocycles. The molecule has 0 fully saturated rings. The van der Waals surface area contributed by atoms with Gasteiger partial charge in [0.1, 0.15) is 17.2 Å². The summed E-state index contributed by atoms with van der Waals surface area (Å²) in [6.45, 7) is 10.0. The van der Waals surface area contributed by atoms with Crippen LogP contribution in [0.3, 0.4) is 0 Å². The maximum atomic E-state index is 12.5. The molecule has 146 valence electrons. The summed E-state index contributed by atoms with van der Waals surface area (Å²) in [7, 11) is 0. The smallest absolute Gasteiger partial charge is 0.185 e. The molecule has 0 radical (unpaired) electrons. The summed E-state index contributed by atoms with van der Waals surface area (Å²) in [4.78, 5) is 12.5. The van der Waals surface area contributed by atoms with Gasteiger partial charge in [-0.2, -0.15) is 0 Å². The van der Waals surface area contributed by atoms with Crippen molar-refractivity contribution < 1.29 is 19.7 Å². The Labute approximate surface area is 166 Å². The maximum Gasteiger partial charge on any atom is 0.185 e. The van der Waals surface area contributed by atoms with Crippen LogP contribution in [0.5, 0.6) is 17.2 Å². The first-order chi connectivity index (χ1) is 13.5. The normalized spacial score (nSPS) is 10.8. The van der Waals surface area contributed by atoms with Gasteiger partial charge in [0.2, 0.25) is 0 Å². The molecule has 0 saturated carbocycles. The van der Waals surface area contributed by atoms with Crippen molar-refractivity contribution >= 4 is 11.9 Å². The highest BCUT2D eigenvalue weighted by molar-refractivity contribution is 6.07. The van der Waals surface area contributed by atoms with Crippen LogP contribution in [0.15, 0.2) is 61.7 Å². The number of hydrogen-bond acceptors (Lipinski definition) is 4. The van der Waals surface area contributed by atoms with Gasteiger partial charge in [-0.05, 0) is 67.3 Å². The van der Waals surface area contributed by atoms with Gasteiger partial charge in [0.15, 0.2) is 5.78 Å². The lowest BCUT2D eigenvalue weighted by atomic mass is 9.97. The lowest BCUT2D eigenvalue weighted by Crippen LogP contribution is -2.03. The molecule has 0 amide bonds. The molecule has 0 atom stereocenters. The molecule has 0 aromatic heterocycles. The highest BCUT2D eigenvalue weighted by Crippen LogP contribution is 2.37. The van der Waals surface area contributed by atoms with Crippen LogP contribution in [0.1, 0.15) is 40.4 Å². The Hall–Kier alpha value is -3.27. The second kappa shape index (κ2) is 10.2. The first-order valence-electron chi connectivity index (χ1n) is 9.25. The number of phenolic OH excluding ortho intramolecular Hbond substituents is 2. The molecule has 4 heteroatoms. The van der Waals surface area contributed by atoms with Crippen molar-refractivity contribution in [1.82, 2.24) is 0 Å². The third-order valence-electron chi connectivity index (χ3n) is 4.19. The van der Waals surface area contributed by atoms with Gasteiger partial charge in [-0.25, -0.2) is 0 Å². The topological polar surface area (TPSA) is 66.8 Å². The van der Waals surface area contributed by atoms with E-state index in [4.69, 9.17) is 4.74 Å². The predicted octanol–water partition coefficient (Wildman–Crippen LogP) is 5.24. The van der Waals surface area contributed by atoms with E-state index >= 15 is 0 Å². The number of ketones is 1. The van der Waals surface area contributed by atoms with Crippen LogP contribution in [0.4, 0.5) is 0 Å². The standard InChI is InChI=1S/C24H26O4/c1-4-7-18-16-19(11-14-22(26)17-9-12-20(25)13-10-17)24(28-15-6-3)21(8-5-2)23(18)27/h4-5,9-14,16,25,27H,1-2,6-8,15H2,3H3. The number of hydrogen-bond donors (Lipinski definition) is 2. The van der Waals surface area contributed by atoms with Crippen molar-refractivity contribution in [3.8, 4) is 17.2 Å². The van der Waals surface area contributed by atoms with Crippen molar-refractivity contribution in [2.75, 3.05) is 6.61 Å². The summed E-state index contributed by atoms with van der Waals surface area (Å²) >= 11 is 0. The van der Waals surface area contributed by atoms with E-state index in [-0.39, 0.29) is 17.3 Å². The van der Waals surface area contributed by atoms with E-state index in [0.29, 0.717) is 47.5 Å². The second-order valence-corrected chi connectivity index (χ2v) is 6.36. The third-order valence-corrected chi connectivity index (χ3v) is 4.19. The Bertz CT molecular complexity index is 876. The van der Waals surface area contributed by atoms with Gasteiger partial charge in [-0.1, -0.05) is 19.1 Å². The fraction of sp³-hybridized carbons (Fsp3) is 0.208. The zero-order chi connectivity index (χ0) is 20.5. The number of allylic oxidation sites excluding steroid dienone is 3. The number of carbonyl (C=O) groups is 1. The van der Waals surface area contributed by atoms with E-state index in [1.54, 1.807) is 30.4 Å². The molecular weight excluding hydrogens is 352 g/mol. The molecule has 0 aliphatic heterocycles. The van der Waals surface area contributed by atoms with E-state index in [0.717, 1.165) is 6.42 Å². The number of ether oxygens (including phenoxy) is 1. The van der Waals surface area contributed by atoms with Crippen LogP contribution in [0.2, 0.25) is 0 Å². The highest BCUT2D eigenvalue weighted by atomic mass is 16.5. The Morgan fingerprint density at radius 3 is 2.39 bits per heavy atom. The molecule has 2 aromatic rings. The molecule has 4 nitrogen and oxygen atoms in total. The van der Waals surface area contributed by atoms with Crippen LogP contribution in [-0.2, 0) is 12.8 Å². The fourth-order valence-corrected chi connectivity index (χ4v) is 2.83. The summed E-state index contributed by atoms with van der Waals surface area (Å²) in [5.74, 6) is 0.650. The minimum atomic E-state index is -0.190. The summed E-state index contributed by atoms with van der Waals surface area (Å²) in [5, 5.41) is 20.0. The van der Waals surface area contributed by atoms with Gasteiger partial charge in [0.05, 0.1) is 6.61 Å². The summed E-state index contributed by atoms with van der Waals surface area (Å²) in [6, 6.07) is 7.90. The number of carbonyl (C=O) groups excluding carboxylic acids is 1. The lowest BCUT2D eigenvalue weighted by molar-refractivity contribution is 0.104. The van der Waals surface area contributed by atoms with E-state index in [2.05, 4.69) is 13.2 Å². The van der Waals surface area contributed by atoms with Crippen LogP contribution >= 0.6 is 0 Å². The Morgan fingerprint density at radius 2 is 1.79 bits per heavy atom. The Kier molecular flexibility index (Phi) is 7.64. The summed E-state index contributed by atoms with van der Waals surface area (Å²) < 4.78 is 5.91. The molecule has 28 heavy (non-hydrogen) atoms. The van der Waals surface area contributed by atoms with Crippen LogP contribution in [0, 0.1) is 0 Å². The molecule has 0 heterocycles. The van der Waals surface area contributed by atoms with Gasteiger partial charge in [-0.15, -0.1) is 13.2 Å². The maximum absolute atomic E-state index is 12.5. The monoisotopic (exact) mass is 378 g/mol. The molecule has 2 N–H and O–H groups in total. The van der Waals surface area contributed by atoms with E-state index < -0.39 is 0 Å². The van der Waals surface area contributed by atoms with Gasteiger partial charge >= 0.3 is 0 Å². The molecule has 0 unspecified atom stereocenters. The van der Waals surface area contributed by atoms with Crippen molar-refractivity contribution in [2.24, 2.45) is 0 Å². The van der Waals surface area contributed by atoms with Crippen LogP contribution in [0.25, 0.3) is 6.08 Å². The number of benzene rings is 2. The highest BCUT2D eigenvalue weighted by Gasteiger charge is 2.17. The number of aromatic hydroxyl groups is 2. The Balaban J connectivity index is 2.49. The molecular formula is C24H26O4. The molecule has 0 saturated heterocycles. The molecule has 0 bridgehead atoms. The second-order valence-electron chi connectivity index (χ2n) is 6.36. The number of phenols is 2. The van der Waals surface area contributed by atoms with Gasteiger partial charge in [-0.3, -0.25) is 4.79 Å². The van der Waals surface area contributed by atoms with Crippen LogP contribution < -0.4 is 4.74 Å². The molecule has 2 aromatic carbocycles. The third kappa shape index (κ3) is 5.13. The zero-order valence-corrected chi connectivity index (χ0v) is 16.1. The van der Waals surface area contributed by atoms with Gasteiger partial charge in [0, 0.05) is 16.7 Å². The van der Waals surface area contributed by atoms with Crippen molar-refractivity contribution in [1.29, 1.82) is 0 Å². The van der Waals surface area contributed by atoms with E-state index in [9.17, 15) is 15.0 Å².